The molecule has 2 heterocycles. The van der Waals surface area contributed by atoms with Gasteiger partial charge >= 0.3 is 0 Å². The Balaban J connectivity index is 1.80. The van der Waals surface area contributed by atoms with Crippen molar-refractivity contribution >= 4 is 31.2 Å². The van der Waals surface area contributed by atoms with Crippen LogP contribution in [0.3, 0.4) is 0 Å². The van der Waals surface area contributed by atoms with Crippen molar-refractivity contribution < 1.29 is 18.0 Å². The van der Waals surface area contributed by atoms with Crippen LogP contribution < -0.4 is 10.5 Å². The van der Waals surface area contributed by atoms with Gasteiger partial charge in [-0.05, 0) is 44.3 Å². The van der Waals surface area contributed by atoms with Gasteiger partial charge in [0.25, 0.3) is 5.56 Å². The van der Waals surface area contributed by atoms with Gasteiger partial charge in [0.05, 0.1) is 17.3 Å². The van der Waals surface area contributed by atoms with E-state index in [-0.39, 0.29) is 39.4 Å². The molecule has 5 nitrogen and oxygen atoms in total. The van der Waals surface area contributed by atoms with Gasteiger partial charge in [0.2, 0.25) is 0 Å². The SMILES string of the molecule is Cc1c(N2CCC(O[Si](C)(C)C(C)(C)C)C2)c(F)c(F)c2c(C=O)cc(=O)n(C3CC3)c12. The maximum absolute atomic E-state index is 15.4. The Bertz CT molecular complexity index is 1150. The minimum absolute atomic E-state index is 0.0321. The monoisotopic (exact) mass is 462 g/mol. The third-order valence-electron chi connectivity index (χ3n) is 7.38. The second kappa shape index (κ2) is 7.76. The Labute approximate surface area is 188 Å². The van der Waals surface area contributed by atoms with E-state index in [1.54, 1.807) is 11.5 Å². The van der Waals surface area contributed by atoms with Crippen molar-refractivity contribution in [3.05, 3.63) is 39.2 Å². The number of halogens is 2. The summed E-state index contributed by atoms with van der Waals surface area (Å²) in [5, 5.41) is -0.0408. The normalized spacial score (nSPS) is 19.8. The van der Waals surface area contributed by atoms with Crippen LogP contribution in [0.2, 0.25) is 18.1 Å². The fourth-order valence-electron chi connectivity index (χ4n) is 4.52. The van der Waals surface area contributed by atoms with E-state index >= 15 is 8.78 Å². The van der Waals surface area contributed by atoms with Gasteiger partial charge in [0.1, 0.15) is 0 Å². The summed E-state index contributed by atoms with van der Waals surface area (Å²) >= 11 is 0. The van der Waals surface area contributed by atoms with E-state index in [2.05, 4.69) is 33.9 Å². The average molecular weight is 463 g/mol. The number of aryl methyl sites for hydroxylation is 1. The molecule has 1 atom stereocenters. The molecule has 1 saturated carbocycles. The average Bonchev–Trinajstić information content (AvgIpc) is 3.43. The van der Waals surface area contributed by atoms with Gasteiger partial charge in [-0.1, -0.05) is 20.8 Å². The first-order valence-corrected chi connectivity index (χ1v) is 14.2. The zero-order chi connectivity index (χ0) is 23.6. The van der Waals surface area contributed by atoms with Crippen molar-refractivity contribution in [2.45, 2.75) is 77.2 Å². The van der Waals surface area contributed by atoms with Crippen molar-refractivity contribution in [1.82, 2.24) is 4.57 Å². The Hall–Kier alpha value is -2.06. The molecule has 2 aliphatic rings. The van der Waals surface area contributed by atoms with Crippen LogP contribution in [0.1, 0.15) is 62.0 Å². The molecule has 0 radical (unpaired) electrons. The molecular formula is C24H32F2N2O3Si. The number of aldehydes is 1. The summed E-state index contributed by atoms with van der Waals surface area (Å²) in [6.45, 7) is 13.6. The van der Waals surface area contributed by atoms with E-state index in [1.165, 1.54) is 0 Å². The summed E-state index contributed by atoms with van der Waals surface area (Å²) in [5.74, 6) is -2.03. The van der Waals surface area contributed by atoms with Crippen molar-refractivity contribution in [1.29, 1.82) is 0 Å². The molecule has 2 fully saturated rings. The summed E-state index contributed by atoms with van der Waals surface area (Å²) < 4.78 is 38.8. The standard InChI is InChI=1S/C24H32F2N2O3Si/c1-14-22-19(15(13-29)11-18(30)28(22)16-7-8-16)20(25)21(26)23(14)27-10-9-17(12-27)31-32(5,6)24(2,3)4/h11,13,16-17H,7-10,12H2,1-6H3. The minimum Gasteiger partial charge on any atom is -0.412 e. The van der Waals surface area contributed by atoms with Gasteiger partial charge in [-0.15, -0.1) is 0 Å². The van der Waals surface area contributed by atoms with E-state index in [9.17, 15) is 9.59 Å². The lowest BCUT2D eigenvalue weighted by atomic mass is 10.0. The van der Waals surface area contributed by atoms with Crippen LogP contribution in [-0.4, -0.2) is 38.4 Å². The van der Waals surface area contributed by atoms with E-state index in [1.807, 2.05) is 4.90 Å². The molecule has 0 N–H and O–H groups in total. The highest BCUT2D eigenvalue weighted by Gasteiger charge is 2.41. The van der Waals surface area contributed by atoms with Crippen molar-refractivity contribution in [3.8, 4) is 0 Å². The molecule has 0 bridgehead atoms. The summed E-state index contributed by atoms with van der Waals surface area (Å²) in [4.78, 5) is 26.2. The fraction of sp³-hybridized carbons (Fsp3) is 0.583. The highest BCUT2D eigenvalue weighted by Crippen LogP contribution is 2.43. The van der Waals surface area contributed by atoms with Crippen LogP contribution in [0.4, 0.5) is 14.5 Å². The zero-order valence-corrected chi connectivity index (χ0v) is 20.7. The predicted molar refractivity (Wildman–Crippen MR) is 125 cm³/mol. The van der Waals surface area contributed by atoms with Crippen LogP contribution >= 0.6 is 0 Å². The lowest BCUT2D eigenvalue weighted by molar-refractivity contribution is 0.112. The zero-order valence-electron chi connectivity index (χ0n) is 19.7. The van der Waals surface area contributed by atoms with Gasteiger partial charge in [0, 0.05) is 41.7 Å². The van der Waals surface area contributed by atoms with Crippen LogP contribution in [-0.2, 0) is 4.43 Å². The lowest BCUT2D eigenvalue weighted by Crippen LogP contribution is -2.44. The van der Waals surface area contributed by atoms with Gasteiger partial charge in [-0.2, -0.15) is 0 Å². The minimum atomic E-state index is -2.00. The molecule has 1 aromatic carbocycles. The molecule has 174 valence electrons. The third-order valence-corrected chi connectivity index (χ3v) is 11.9. The number of hydrogen-bond acceptors (Lipinski definition) is 4. The molecule has 2 aromatic rings. The van der Waals surface area contributed by atoms with Crippen molar-refractivity contribution in [2.75, 3.05) is 18.0 Å². The maximum Gasteiger partial charge on any atom is 0.252 e. The topological polar surface area (TPSA) is 51.5 Å². The van der Waals surface area contributed by atoms with Crippen molar-refractivity contribution in [3.63, 3.8) is 0 Å². The quantitative estimate of drug-likeness (QED) is 0.445. The number of nitrogens with zero attached hydrogens (tertiary/aromatic N) is 2. The number of anilines is 1. The molecule has 0 amide bonds. The number of hydrogen-bond donors (Lipinski definition) is 0. The van der Waals surface area contributed by atoms with Crippen LogP contribution in [0.15, 0.2) is 10.9 Å². The van der Waals surface area contributed by atoms with E-state index in [0.29, 0.717) is 30.5 Å². The first kappa shape index (κ1) is 23.1. The first-order valence-electron chi connectivity index (χ1n) is 11.3. The Morgan fingerprint density at radius 3 is 2.38 bits per heavy atom. The second-order valence-corrected chi connectivity index (χ2v) is 15.5. The number of aromatic nitrogens is 1. The number of fused-ring (bicyclic) bond motifs is 1. The number of carbonyl (C=O) groups is 1. The molecule has 4 rings (SSSR count). The molecule has 32 heavy (non-hydrogen) atoms. The van der Waals surface area contributed by atoms with E-state index in [4.69, 9.17) is 4.43 Å². The molecular weight excluding hydrogens is 430 g/mol. The smallest absolute Gasteiger partial charge is 0.252 e. The van der Waals surface area contributed by atoms with Gasteiger partial charge in [-0.25, -0.2) is 8.78 Å². The second-order valence-electron chi connectivity index (χ2n) is 10.7. The molecule has 8 heteroatoms. The fourth-order valence-corrected chi connectivity index (χ4v) is 5.90. The summed E-state index contributed by atoms with van der Waals surface area (Å²) in [5.41, 5.74) is 0.564. The molecule has 1 aromatic heterocycles. The lowest BCUT2D eigenvalue weighted by Gasteiger charge is -2.38. The molecule has 0 spiro atoms. The molecule has 1 saturated heterocycles. The molecule has 1 unspecified atom stereocenters. The Morgan fingerprint density at radius 1 is 1.16 bits per heavy atom. The molecule has 1 aliphatic carbocycles. The van der Waals surface area contributed by atoms with Crippen LogP contribution in [0, 0.1) is 18.6 Å². The maximum atomic E-state index is 15.4. The Kier molecular flexibility index (Phi) is 5.61. The van der Waals surface area contributed by atoms with Gasteiger partial charge in [0.15, 0.2) is 26.2 Å². The van der Waals surface area contributed by atoms with Gasteiger partial charge in [-0.3, -0.25) is 9.59 Å². The molecule has 1 aliphatic heterocycles. The van der Waals surface area contributed by atoms with Gasteiger partial charge < -0.3 is 13.9 Å². The summed E-state index contributed by atoms with van der Waals surface area (Å²) in [6, 6.07) is 1.09. The van der Waals surface area contributed by atoms with Crippen LogP contribution in [0.25, 0.3) is 10.9 Å². The number of carbonyl (C=O) groups excluding carboxylic acids is 1. The van der Waals surface area contributed by atoms with Crippen molar-refractivity contribution in [2.24, 2.45) is 0 Å². The predicted octanol–water partition coefficient (Wildman–Crippen LogP) is 5.34. The number of rotatable bonds is 5. The highest BCUT2D eigenvalue weighted by atomic mass is 28.4. The van der Waals surface area contributed by atoms with E-state index in [0.717, 1.165) is 25.3 Å². The number of benzene rings is 1. The largest absolute Gasteiger partial charge is 0.412 e. The summed E-state index contributed by atoms with van der Waals surface area (Å²) in [7, 11) is -2.00. The van der Waals surface area contributed by atoms with E-state index < -0.39 is 20.0 Å². The van der Waals surface area contributed by atoms with Crippen LogP contribution in [0.5, 0.6) is 0 Å². The third kappa shape index (κ3) is 3.71. The Morgan fingerprint density at radius 2 is 1.81 bits per heavy atom. The number of pyridine rings is 1. The highest BCUT2D eigenvalue weighted by molar-refractivity contribution is 6.74. The first-order chi connectivity index (χ1) is 14.9. The summed E-state index contributed by atoms with van der Waals surface area (Å²) in [6.07, 6.45) is 2.74.